The van der Waals surface area contributed by atoms with E-state index in [4.69, 9.17) is 4.74 Å². The molecule has 34 heavy (non-hydrogen) atoms. The van der Waals surface area contributed by atoms with Crippen molar-refractivity contribution in [3.8, 4) is 22.8 Å². The summed E-state index contributed by atoms with van der Waals surface area (Å²) in [4.78, 5) is 12.5. The summed E-state index contributed by atoms with van der Waals surface area (Å²) in [6.45, 7) is 0. The van der Waals surface area contributed by atoms with Gasteiger partial charge in [-0.1, -0.05) is 54.2 Å². The number of thioether (sulfide) groups is 1. The van der Waals surface area contributed by atoms with Crippen LogP contribution in [0.1, 0.15) is 5.56 Å². The van der Waals surface area contributed by atoms with E-state index in [1.807, 2.05) is 48.5 Å². The number of ether oxygens (including phenoxy) is 1. The standard InChI is InChI=1S/C24H19F3N4O2S/c1-33-20-14-8-5-11-17(20)22-29-30-23(31(22)16-9-3-2-4-10-16)34-15-21(32)28-19-13-7-6-12-18(19)24(25,26)27/h2-14H,15H2,1H3,(H,28,32). The van der Waals surface area contributed by atoms with E-state index in [9.17, 15) is 18.0 Å². The van der Waals surface area contributed by atoms with Crippen LogP contribution in [0.5, 0.6) is 5.75 Å². The molecule has 0 fully saturated rings. The number of para-hydroxylation sites is 3. The molecule has 174 valence electrons. The molecule has 1 aromatic heterocycles. The van der Waals surface area contributed by atoms with Crippen molar-refractivity contribution in [1.82, 2.24) is 14.8 Å². The second-order valence-electron chi connectivity index (χ2n) is 7.06. The van der Waals surface area contributed by atoms with Gasteiger partial charge < -0.3 is 10.1 Å². The second kappa shape index (κ2) is 10.0. The summed E-state index contributed by atoms with van der Waals surface area (Å²) >= 11 is 1.07. The Morgan fingerprint density at radius 1 is 0.971 bits per heavy atom. The molecule has 1 N–H and O–H groups in total. The van der Waals surface area contributed by atoms with E-state index in [0.29, 0.717) is 22.3 Å². The Balaban J connectivity index is 1.61. The van der Waals surface area contributed by atoms with Crippen molar-refractivity contribution < 1.29 is 22.7 Å². The normalized spacial score (nSPS) is 11.3. The zero-order chi connectivity index (χ0) is 24.1. The highest BCUT2D eigenvalue weighted by atomic mass is 32.2. The summed E-state index contributed by atoms with van der Waals surface area (Å²) in [5, 5.41) is 11.3. The number of alkyl halides is 3. The van der Waals surface area contributed by atoms with Gasteiger partial charge in [-0.2, -0.15) is 13.2 Å². The summed E-state index contributed by atoms with van der Waals surface area (Å²) in [7, 11) is 1.56. The van der Waals surface area contributed by atoms with E-state index < -0.39 is 17.6 Å². The molecule has 1 amide bonds. The number of nitrogens with zero attached hydrogens (tertiary/aromatic N) is 3. The van der Waals surface area contributed by atoms with Crippen molar-refractivity contribution in [2.75, 3.05) is 18.2 Å². The third-order valence-electron chi connectivity index (χ3n) is 4.83. The molecule has 0 bridgehead atoms. The number of carbonyl (C=O) groups is 1. The lowest BCUT2D eigenvalue weighted by atomic mass is 10.1. The summed E-state index contributed by atoms with van der Waals surface area (Å²) in [5.41, 5.74) is 0.273. The van der Waals surface area contributed by atoms with Crippen molar-refractivity contribution in [2.45, 2.75) is 11.3 Å². The Kier molecular flexibility index (Phi) is 6.87. The van der Waals surface area contributed by atoms with Gasteiger partial charge in [-0.15, -0.1) is 10.2 Å². The minimum Gasteiger partial charge on any atom is -0.496 e. The van der Waals surface area contributed by atoms with E-state index in [0.717, 1.165) is 23.5 Å². The lowest BCUT2D eigenvalue weighted by Crippen LogP contribution is -2.18. The average Bonchev–Trinajstić information content (AvgIpc) is 3.26. The first-order valence-electron chi connectivity index (χ1n) is 10.1. The van der Waals surface area contributed by atoms with E-state index in [1.54, 1.807) is 17.7 Å². The number of nitrogens with one attached hydrogen (secondary N) is 1. The number of amides is 1. The van der Waals surface area contributed by atoms with Gasteiger partial charge in [0.1, 0.15) is 5.75 Å². The molecule has 4 rings (SSSR count). The Morgan fingerprint density at radius 3 is 2.38 bits per heavy atom. The van der Waals surface area contributed by atoms with Crippen molar-refractivity contribution in [1.29, 1.82) is 0 Å². The quantitative estimate of drug-likeness (QED) is 0.341. The average molecular weight is 485 g/mol. The van der Waals surface area contributed by atoms with E-state index in [1.165, 1.54) is 18.2 Å². The number of anilines is 1. The van der Waals surface area contributed by atoms with E-state index >= 15 is 0 Å². The number of hydrogen-bond acceptors (Lipinski definition) is 5. The van der Waals surface area contributed by atoms with Gasteiger partial charge in [0.25, 0.3) is 0 Å². The predicted molar refractivity (Wildman–Crippen MR) is 124 cm³/mol. The van der Waals surface area contributed by atoms with Crippen LogP contribution in [0, 0.1) is 0 Å². The number of aromatic nitrogens is 3. The molecule has 1 heterocycles. The van der Waals surface area contributed by atoms with Crippen LogP contribution < -0.4 is 10.1 Å². The largest absolute Gasteiger partial charge is 0.496 e. The smallest absolute Gasteiger partial charge is 0.418 e. The molecule has 6 nitrogen and oxygen atoms in total. The monoisotopic (exact) mass is 484 g/mol. The number of benzene rings is 3. The van der Waals surface area contributed by atoms with Gasteiger partial charge >= 0.3 is 6.18 Å². The summed E-state index contributed by atoms with van der Waals surface area (Å²) in [6, 6.07) is 21.5. The summed E-state index contributed by atoms with van der Waals surface area (Å²) < 4.78 is 46.9. The highest BCUT2D eigenvalue weighted by Crippen LogP contribution is 2.35. The maximum absolute atomic E-state index is 13.2. The maximum Gasteiger partial charge on any atom is 0.418 e. The zero-order valence-corrected chi connectivity index (χ0v) is 18.7. The number of rotatable bonds is 7. The first-order valence-corrected chi connectivity index (χ1v) is 11.1. The number of methoxy groups -OCH3 is 1. The van der Waals surface area contributed by atoms with Crippen LogP contribution in [0.4, 0.5) is 18.9 Å². The highest BCUT2D eigenvalue weighted by Gasteiger charge is 2.33. The third kappa shape index (κ3) is 5.07. The fourth-order valence-corrected chi connectivity index (χ4v) is 4.08. The number of carbonyl (C=O) groups excluding carboxylic acids is 1. The van der Waals surface area contributed by atoms with Crippen molar-refractivity contribution in [2.24, 2.45) is 0 Å². The Bertz CT molecular complexity index is 1290. The minimum atomic E-state index is -4.58. The van der Waals surface area contributed by atoms with E-state index in [-0.39, 0.29) is 11.4 Å². The predicted octanol–water partition coefficient (Wildman–Crippen LogP) is 5.69. The molecular weight excluding hydrogens is 465 g/mol. The third-order valence-corrected chi connectivity index (χ3v) is 5.76. The highest BCUT2D eigenvalue weighted by molar-refractivity contribution is 7.99. The molecule has 0 aliphatic carbocycles. The Morgan fingerprint density at radius 2 is 1.65 bits per heavy atom. The molecule has 0 saturated carbocycles. The van der Waals surface area contributed by atoms with Crippen molar-refractivity contribution in [3.63, 3.8) is 0 Å². The fraction of sp³-hybridized carbons (Fsp3) is 0.125. The van der Waals surface area contributed by atoms with Crippen LogP contribution in [0.25, 0.3) is 17.1 Å². The molecule has 10 heteroatoms. The first kappa shape index (κ1) is 23.4. The van der Waals surface area contributed by atoms with Crippen LogP contribution in [-0.4, -0.2) is 33.5 Å². The first-order chi connectivity index (χ1) is 16.4. The molecule has 0 saturated heterocycles. The Hall–Kier alpha value is -3.79. The maximum atomic E-state index is 13.2. The second-order valence-corrected chi connectivity index (χ2v) is 8.00. The van der Waals surface area contributed by atoms with Crippen LogP contribution in [0.2, 0.25) is 0 Å². The van der Waals surface area contributed by atoms with Crippen LogP contribution in [-0.2, 0) is 11.0 Å². The SMILES string of the molecule is COc1ccccc1-c1nnc(SCC(=O)Nc2ccccc2C(F)(F)F)n1-c1ccccc1. The fourth-order valence-electron chi connectivity index (χ4n) is 3.33. The summed E-state index contributed by atoms with van der Waals surface area (Å²) in [6.07, 6.45) is -4.58. The van der Waals surface area contributed by atoms with Crippen LogP contribution in [0.15, 0.2) is 84.0 Å². The molecule has 0 atom stereocenters. The van der Waals surface area contributed by atoms with Gasteiger partial charge in [0.05, 0.1) is 29.7 Å². The molecule has 0 spiro atoms. The molecule has 4 aromatic rings. The molecule has 3 aromatic carbocycles. The minimum absolute atomic E-state index is 0.164. The molecular formula is C24H19F3N4O2S. The van der Waals surface area contributed by atoms with Gasteiger partial charge in [0.2, 0.25) is 5.91 Å². The lowest BCUT2D eigenvalue weighted by molar-refractivity contribution is -0.137. The molecule has 0 aliphatic heterocycles. The van der Waals surface area contributed by atoms with Crippen molar-refractivity contribution in [3.05, 3.63) is 84.4 Å². The molecule has 0 radical (unpaired) electrons. The van der Waals surface area contributed by atoms with Gasteiger partial charge in [0, 0.05) is 5.69 Å². The van der Waals surface area contributed by atoms with Gasteiger partial charge in [-0.25, -0.2) is 0 Å². The van der Waals surface area contributed by atoms with Gasteiger partial charge in [-0.3, -0.25) is 9.36 Å². The topological polar surface area (TPSA) is 69.0 Å². The van der Waals surface area contributed by atoms with Crippen LogP contribution in [0.3, 0.4) is 0 Å². The number of halogens is 3. The lowest BCUT2D eigenvalue weighted by Gasteiger charge is -2.14. The summed E-state index contributed by atoms with van der Waals surface area (Å²) in [5.74, 6) is 0.352. The van der Waals surface area contributed by atoms with E-state index in [2.05, 4.69) is 15.5 Å². The number of hydrogen-bond donors (Lipinski definition) is 1. The van der Waals surface area contributed by atoms with Crippen LogP contribution >= 0.6 is 11.8 Å². The van der Waals surface area contributed by atoms with Gasteiger partial charge in [0.15, 0.2) is 11.0 Å². The Labute approximate surface area is 197 Å². The zero-order valence-electron chi connectivity index (χ0n) is 17.9. The molecule has 0 aliphatic rings. The molecule has 0 unspecified atom stereocenters. The van der Waals surface area contributed by atoms with Gasteiger partial charge in [-0.05, 0) is 36.4 Å². The van der Waals surface area contributed by atoms with Crippen molar-refractivity contribution >= 4 is 23.4 Å².